The zero-order valence-electron chi connectivity index (χ0n) is 21.6. The van der Waals surface area contributed by atoms with E-state index in [9.17, 15) is 19.5 Å². The van der Waals surface area contributed by atoms with Gasteiger partial charge in [-0.05, 0) is 62.5 Å². The zero-order chi connectivity index (χ0) is 26.2. The van der Waals surface area contributed by atoms with Crippen molar-refractivity contribution in [2.45, 2.75) is 95.7 Å². The van der Waals surface area contributed by atoms with E-state index in [4.69, 9.17) is 25.8 Å². The Hall–Kier alpha value is -1.54. The van der Waals surface area contributed by atoms with E-state index in [0.29, 0.717) is 12.8 Å². The SMILES string of the molecule is C[C@]12C=CC(=O)C=C1CC[C@@H]1[C@@H]2[C@@H](O)C[C@@]2(C)[C@H]1C[C@H]1O[C@@H](C3CCCCC3)O[C@]12C(=O)COC(=O)Cl. The molecule has 0 radical (unpaired) electrons. The molecule has 6 rings (SSSR count). The Morgan fingerprint density at radius 2 is 1.95 bits per heavy atom. The number of ketones is 2. The smallest absolute Gasteiger partial charge is 0.404 e. The normalized spacial score (nSPS) is 46.9. The van der Waals surface area contributed by atoms with Crippen LogP contribution in [0, 0.1) is 34.5 Å². The van der Waals surface area contributed by atoms with E-state index in [1.54, 1.807) is 12.2 Å². The average molecular weight is 533 g/mol. The van der Waals surface area contributed by atoms with Gasteiger partial charge in [0.1, 0.15) is 0 Å². The Bertz CT molecular complexity index is 1060. The summed E-state index contributed by atoms with van der Waals surface area (Å²) < 4.78 is 18.4. The van der Waals surface area contributed by atoms with Crippen LogP contribution in [-0.2, 0) is 23.8 Å². The number of rotatable bonds is 4. The van der Waals surface area contributed by atoms with E-state index in [-0.39, 0.29) is 35.2 Å². The Morgan fingerprint density at radius 3 is 2.68 bits per heavy atom. The zero-order valence-corrected chi connectivity index (χ0v) is 22.4. The highest BCUT2D eigenvalue weighted by Crippen LogP contribution is 2.70. The number of carbonyl (C=O) groups is 3. The molecule has 0 unspecified atom stereocenters. The monoisotopic (exact) mass is 532 g/mol. The third kappa shape index (κ3) is 3.67. The first-order chi connectivity index (χ1) is 17.6. The van der Waals surface area contributed by atoms with Gasteiger partial charge in [0.25, 0.3) is 0 Å². The van der Waals surface area contributed by atoms with Gasteiger partial charge in [0.15, 0.2) is 24.3 Å². The van der Waals surface area contributed by atoms with Crippen molar-refractivity contribution in [3.05, 3.63) is 23.8 Å². The van der Waals surface area contributed by atoms with Crippen molar-refractivity contribution in [1.82, 2.24) is 0 Å². The highest BCUT2D eigenvalue weighted by atomic mass is 35.5. The summed E-state index contributed by atoms with van der Waals surface area (Å²) in [5, 5.41) is 11.8. The molecule has 0 aromatic heterocycles. The van der Waals surface area contributed by atoms with Crippen LogP contribution in [0.3, 0.4) is 0 Å². The maximum atomic E-state index is 14.0. The molecular weight excluding hydrogens is 496 g/mol. The quantitative estimate of drug-likeness (QED) is 0.515. The minimum Gasteiger partial charge on any atom is -0.446 e. The molecule has 5 aliphatic carbocycles. The summed E-state index contributed by atoms with van der Waals surface area (Å²) >= 11 is 5.44. The van der Waals surface area contributed by atoms with Gasteiger partial charge in [0, 0.05) is 34.3 Å². The van der Waals surface area contributed by atoms with E-state index in [1.165, 1.54) is 6.42 Å². The Labute approximate surface area is 222 Å². The summed E-state index contributed by atoms with van der Waals surface area (Å²) in [6.45, 7) is 3.73. The van der Waals surface area contributed by atoms with Gasteiger partial charge in [-0.25, -0.2) is 4.79 Å². The van der Waals surface area contributed by atoms with Crippen molar-refractivity contribution >= 4 is 28.6 Å². The van der Waals surface area contributed by atoms with Crippen LogP contribution in [0.25, 0.3) is 0 Å². The highest BCUT2D eigenvalue weighted by molar-refractivity contribution is 6.61. The van der Waals surface area contributed by atoms with Crippen LogP contribution < -0.4 is 0 Å². The number of aliphatic hydroxyl groups is 1. The first-order valence-corrected chi connectivity index (χ1v) is 14.3. The molecule has 4 saturated carbocycles. The molecule has 202 valence electrons. The van der Waals surface area contributed by atoms with Crippen LogP contribution in [0.2, 0.25) is 0 Å². The summed E-state index contributed by atoms with van der Waals surface area (Å²) in [4.78, 5) is 37.5. The molecule has 0 bridgehead atoms. The first-order valence-electron chi connectivity index (χ1n) is 13.9. The fourth-order valence-corrected chi connectivity index (χ4v) is 9.50. The van der Waals surface area contributed by atoms with Gasteiger partial charge in [0.2, 0.25) is 5.78 Å². The van der Waals surface area contributed by atoms with Gasteiger partial charge in [-0.3, -0.25) is 9.59 Å². The van der Waals surface area contributed by atoms with Crippen molar-refractivity contribution in [3.8, 4) is 0 Å². The molecule has 8 heteroatoms. The van der Waals surface area contributed by atoms with Crippen LogP contribution in [0.15, 0.2) is 23.8 Å². The lowest BCUT2D eigenvalue weighted by atomic mass is 9.46. The van der Waals surface area contributed by atoms with Crippen molar-refractivity contribution in [2.24, 2.45) is 34.5 Å². The summed E-state index contributed by atoms with van der Waals surface area (Å²) in [6, 6.07) is 0. The third-order valence-corrected chi connectivity index (χ3v) is 11.1. The minimum absolute atomic E-state index is 0.00500. The first kappa shape index (κ1) is 25.7. The van der Waals surface area contributed by atoms with Crippen LogP contribution in [0.4, 0.5) is 4.79 Å². The lowest BCUT2D eigenvalue weighted by molar-refractivity contribution is -0.209. The molecule has 37 heavy (non-hydrogen) atoms. The number of hydrogen-bond donors (Lipinski definition) is 1. The van der Waals surface area contributed by atoms with E-state index in [1.807, 2.05) is 6.08 Å². The summed E-state index contributed by atoms with van der Waals surface area (Å²) in [5.41, 5.74) is -2.32. The molecule has 1 saturated heterocycles. The largest absolute Gasteiger partial charge is 0.446 e. The maximum absolute atomic E-state index is 14.0. The second kappa shape index (κ2) is 9.00. The van der Waals surface area contributed by atoms with Crippen molar-refractivity contribution in [2.75, 3.05) is 6.61 Å². The molecular formula is C29H37ClO7. The topological polar surface area (TPSA) is 99.1 Å². The molecule has 9 atom stereocenters. The summed E-state index contributed by atoms with van der Waals surface area (Å²) in [5.74, 6) is 0.0691. The van der Waals surface area contributed by atoms with Crippen molar-refractivity contribution in [3.63, 3.8) is 0 Å². The lowest BCUT2D eigenvalue weighted by Gasteiger charge is -2.59. The van der Waals surface area contributed by atoms with E-state index < -0.39 is 47.0 Å². The molecule has 5 fully saturated rings. The number of aliphatic hydroxyl groups excluding tert-OH is 1. The molecule has 0 amide bonds. The maximum Gasteiger partial charge on any atom is 0.404 e. The molecule has 1 heterocycles. The second-order valence-corrected chi connectivity index (χ2v) is 13.0. The highest BCUT2D eigenvalue weighted by Gasteiger charge is 2.76. The van der Waals surface area contributed by atoms with Crippen LogP contribution in [0.1, 0.15) is 71.6 Å². The van der Waals surface area contributed by atoms with Gasteiger partial charge in [-0.15, -0.1) is 0 Å². The molecule has 0 spiro atoms. The van der Waals surface area contributed by atoms with E-state index >= 15 is 0 Å². The van der Waals surface area contributed by atoms with E-state index in [2.05, 4.69) is 13.8 Å². The van der Waals surface area contributed by atoms with Crippen LogP contribution >= 0.6 is 11.6 Å². The number of carbonyl (C=O) groups excluding carboxylic acids is 3. The Kier molecular flexibility index (Phi) is 6.26. The third-order valence-electron chi connectivity index (χ3n) is 11.0. The molecule has 0 aromatic rings. The fourth-order valence-electron chi connectivity index (χ4n) is 9.44. The van der Waals surface area contributed by atoms with Crippen molar-refractivity contribution < 1.29 is 33.7 Å². The van der Waals surface area contributed by atoms with E-state index in [0.717, 1.165) is 44.1 Å². The number of ether oxygens (including phenoxy) is 3. The van der Waals surface area contributed by atoms with Crippen LogP contribution in [0.5, 0.6) is 0 Å². The van der Waals surface area contributed by atoms with Gasteiger partial charge in [-0.1, -0.05) is 44.8 Å². The predicted octanol–water partition coefficient (Wildman–Crippen LogP) is 4.88. The number of Topliss-reactive ketones (excluding diaryl/α,β-unsaturated/α-hetero) is 1. The molecule has 0 aromatic carbocycles. The van der Waals surface area contributed by atoms with Gasteiger partial charge in [-0.2, -0.15) is 0 Å². The Balaban J connectivity index is 1.37. The summed E-state index contributed by atoms with van der Waals surface area (Å²) in [7, 11) is 0. The minimum atomic E-state index is -1.30. The average Bonchev–Trinajstić information content (AvgIpc) is 3.36. The molecule has 1 aliphatic heterocycles. The summed E-state index contributed by atoms with van der Waals surface area (Å²) in [6.07, 6.45) is 11.8. The number of fused-ring (bicyclic) bond motifs is 7. The number of halogens is 1. The fraction of sp³-hybridized carbons (Fsp3) is 0.759. The van der Waals surface area contributed by atoms with Crippen molar-refractivity contribution in [1.29, 1.82) is 0 Å². The molecule has 6 aliphatic rings. The predicted molar refractivity (Wildman–Crippen MR) is 135 cm³/mol. The lowest BCUT2D eigenvalue weighted by Crippen LogP contribution is -2.63. The van der Waals surface area contributed by atoms with Gasteiger partial charge < -0.3 is 19.3 Å². The van der Waals surface area contributed by atoms with Gasteiger partial charge >= 0.3 is 5.43 Å². The standard InChI is InChI=1S/C29H37ClO7/c1-27-11-10-18(31)12-17(27)8-9-19-20-13-23-29(22(33)15-35-26(30)34,28(20,2)14-21(32)24(19)27)37-25(36-23)16-6-4-3-5-7-16/h10-12,16,19-21,23-25,32H,3-9,13-15H2,1-2H3/t19-,20-,21-,23+,24+,25+,27-,28-,29+/m0/s1. The van der Waals surface area contributed by atoms with Crippen LogP contribution in [-0.4, -0.2) is 52.8 Å². The second-order valence-electron chi connectivity index (χ2n) is 12.6. The number of allylic oxidation sites excluding steroid dienone is 4. The van der Waals surface area contributed by atoms with Gasteiger partial charge in [0.05, 0.1) is 12.2 Å². The number of hydrogen-bond acceptors (Lipinski definition) is 7. The molecule has 7 nitrogen and oxygen atoms in total. The molecule has 1 N–H and O–H groups in total. The Morgan fingerprint density at radius 1 is 1.19 bits per heavy atom.